The topological polar surface area (TPSA) is 64.4 Å². The van der Waals surface area contributed by atoms with E-state index in [1.165, 1.54) is 38.5 Å². The largest absolute Gasteiger partial charge is 0.461 e. The summed E-state index contributed by atoms with van der Waals surface area (Å²) in [5, 5.41) is 0. The van der Waals surface area contributed by atoms with Crippen LogP contribution in [0.4, 0.5) is 0 Å². The number of benzene rings is 1. The maximum atomic E-state index is 13.6. The number of fused-ring (bicyclic) bond motifs is 5. The SMILES string of the molecule is CCOC(=O)c1nc2ccccc2n(C2C[C@@H]3CCC[C@@H](C2)N3C/C=C2\CCC3CC2C3(C)C)c1=O. The number of carbonyl (C=O) groups is 1. The third-order valence-electron chi connectivity index (χ3n) is 9.99. The lowest BCUT2D eigenvalue weighted by atomic mass is 9.47. The van der Waals surface area contributed by atoms with Crippen molar-refractivity contribution in [3.63, 3.8) is 0 Å². The van der Waals surface area contributed by atoms with E-state index in [-0.39, 0.29) is 23.9 Å². The molecule has 6 heteroatoms. The second-order valence-electron chi connectivity index (χ2n) is 12.0. The molecular weight excluding hydrogens is 450 g/mol. The molecule has 0 radical (unpaired) electrons. The standard InChI is InChI=1S/C30H39N3O3/c1-4-36-29(35)27-28(34)33(26-11-6-5-10-25(26)31-27)23-17-21-8-7-9-22(18-23)32(21)15-14-19-12-13-20-16-24(19)30(20,2)3/h5-6,10-11,14,20-24H,4,7-9,12-13,15-18H2,1-3H3/b19-14+/t20?,21-,22-,24?/m0/s1. The van der Waals surface area contributed by atoms with E-state index < -0.39 is 5.97 Å². The van der Waals surface area contributed by atoms with Crippen LogP contribution >= 0.6 is 0 Å². The maximum Gasteiger partial charge on any atom is 0.362 e. The Morgan fingerprint density at radius 1 is 1.11 bits per heavy atom. The summed E-state index contributed by atoms with van der Waals surface area (Å²) >= 11 is 0. The van der Waals surface area contributed by atoms with Gasteiger partial charge >= 0.3 is 5.97 Å². The molecule has 3 heterocycles. The lowest BCUT2D eigenvalue weighted by Gasteiger charge is -2.58. The molecule has 2 unspecified atom stereocenters. The summed E-state index contributed by atoms with van der Waals surface area (Å²) in [6.45, 7) is 7.93. The van der Waals surface area contributed by atoms with Crippen LogP contribution in [0.15, 0.2) is 40.7 Å². The zero-order valence-corrected chi connectivity index (χ0v) is 21.9. The second kappa shape index (κ2) is 9.13. The number of esters is 1. The molecule has 2 aromatic rings. The Morgan fingerprint density at radius 3 is 2.56 bits per heavy atom. The van der Waals surface area contributed by atoms with Crippen LogP contribution in [0.5, 0.6) is 0 Å². The van der Waals surface area contributed by atoms with Gasteiger partial charge in [0.05, 0.1) is 17.6 Å². The molecule has 36 heavy (non-hydrogen) atoms. The smallest absolute Gasteiger partial charge is 0.362 e. The first-order valence-electron chi connectivity index (χ1n) is 14.0. The molecule has 7 rings (SSSR count). The lowest BCUT2D eigenvalue weighted by molar-refractivity contribution is -0.0288. The highest BCUT2D eigenvalue weighted by Crippen LogP contribution is 2.61. The molecule has 0 spiro atoms. The molecular formula is C30H39N3O3. The van der Waals surface area contributed by atoms with Crippen molar-refractivity contribution in [1.82, 2.24) is 14.5 Å². The number of allylic oxidation sites excluding steroid dienone is 1. The number of aromatic nitrogens is 2. The minimum absolute atomic E-state index is 0.0683. The molecule has 0 N–H and O–H groups in total. The summed E-state index contributed by atoms with van der Waals surface area (Å²) < 4.78 is 7.05. The van der Waals surface area contributed by atoms with Crippen LogP contribution in [0.1, 0.15) is 88.7 Å². The normalized spacial score (nSPS) is 32.3. The molecule has 2 saturated heterocycles. The minimum atomic E-state index is -0.625. The van der Waals surface area contributed by atoms with Gasteiger partial charge in [-0.2, -0.15) is 0 Å². The van der Waals surface area contributed by atoms with Gasteiger partial charge in [-0.25, -0.2) is 9.78 Å². The van der Waals surface area contributed by atoms with Crippen molar-refractivity contribution in [1.29, 1.82) is 0 Å². The van der Waals surface area contributed by atoms with Gasteiger partial charge < -0.3 is 9.30 Å². The Labute approximate surface area is 213 Å². The summed E-state index contributed by atoms with van der Waals surface area (Å²) in [6.07, 6.45) is 12.1. The molecule has 0 amide bonds. The second-order valence-corrected chi connectivity index (χ2v) is 12.0. The minimum Gasteiger partial charge on any atom is -0.461 e. The monoisotopic (exact) mass is 489 g/mol. The first kappa shape index (κ1) is 23.9. The van der Waals surface area contributed by atoms with Crippen LogP contribution in [-0.4, -0.2) is 45.7 Å². The Kier molecular flexibility index (Phi) is 6.06. The summed E-state index contributed by atoms with van der Waals surface area (Å²) in [6, 6.07) is 8.70. The molecule has 1 aromatic carbocycles. The predicted octanol–water partition coefficient (Wildman–Crippen LogP) is 5.51. The van der Waals surface area contributed by atoms with E-state index in [1.807, 2.05) is 28.8 Å². The fraction of sp³-hybridized carbons (Fsp3) is 0.633. The van der Waals surface area contributed by atoms with Crippen LogP contribution in [0.25, 0.3) is 11.0 Å². The van der Waals surface area contributed by atoms with Gasteiger partial charge in [-0.1, -0.05) is 44.1 Å². The molecule has 5 fully saturated rings. The van der Waals surface area contributed by atoms with Crippen LogP contribution in [-0.2, 0) is 4.74 Å². The van der Waals surface area contributed by atoms with Crippen molar-refractivity contribution in [2.75, 3.05) is 13.2 Å². The van der Waals surface area contributed by atoms with Crippen molar-refractivity contribution in [2.45, 2.75) is 90.3 Å². The molecule has 6 nitrogen and oxygen atoms in total. The third-order valence-corrected chi connectivity index (χ3v) is 9.99. The summed E-state index contributed by atoms with van der Waals surface area (Å²) in [4.78, 5) is 33.3. The molecule has 3 saturated carbocycles. The van der Waals surface area contributed by atoms with Crippen LogP contribution in [0.3, 0.4) is 0 Å². The fourth-order valence-corrected chi connectivity index (χ4v) is 7.93. The Hall–Kier alpha value is -2.47. The van der Waals surface area contributed by atoms with Gasteiger partial charge in [0, 0.05) is 24.7 Å². The van der Waals surface area contributed by atoms with E-state index in [4.69, 9.17) is 4.74 Å². The number of piperidine rings is 2. The van der Waals surface area contributed by atoms with Gasteiger partial charge in [0.25, 0.3) is 5.56 Å². The van der Waals surface area contributed by atoms with Crippen molar-refractivity contribution in [3.8, 4) is 0 Å². The van der Waals surface area contributed by atoms with Crippen LogP contribution in [0.2, 0.25) is 0 Å². The predicted molar refractivity (Wildman–Crippen MR) is 141 cm³/mol. The van der Waals surface area contributed by atoms with Crippen molar-refractivity contribution >= 4 is 17.0 Å². The summed E-state index contributed by atoms with van der Waals surface area (Å²) in [5.74, 6) is 1.07. The van der Waals surface area contributed by atoms with Gasteiger partial charge in [0.2, 0.25) is 5.69 Å². The van der Waals surface area contributed by atoms with Crippen molar-refractivity contribution < 1.29 is 9.53 Å². The Bertz CT molecular complexity index is 1250. The number of para-hydroxylation sites is 2. The molecule has 192 valence electrons. The Morgan fingerprint density at radius 2 is 1.86 bits per heavy atom. The third kappa shape index (κ3) is 3.84. The molecule has 1 aromatic heterocycles. The van der Waals surface area contributed by atoms with Crippen molar-refractivity contribution in [3.05, 3.63) is 52.0 Å². The highest BCUT2D eigenvalue weighted by atomic mass is 16.5. The van der Waals surface area contributed by atoms with Gasteiger partial charge in [0.15, 0.2) is 0 Å². The van der Waals surface area contributed by atoms with E-state index in [2.05, 4.69) is 29.8 Å². The summed E-state index contributed by atoms with van der Waals surface area (Å²) in [7, 11) is 0. The highest BCUT2D eigenvalue weighted by molar-refractivity contribution is 5.89. The molecule has 4 atom stereocenters. The first-order valence-corrected chi connectivity index (χ1v) is 14.0. The van der Waals surface area contributed by atoms with Crippen LogP contribution in [0, 0.1) is 17.3 Å². The molecule has 3 aliphatic carbocycles. The average Bonchev–Trinajstić information content (AvgIpc) is 2.86. The van der Waals surface area contributed by atoms with Gasteiger partial charge in [-0.05, 0) is 81.3 Å². The molecule has 4 bridgehead atoms. The zero-order valence-electron chi connectivity index (χ0n) is 21.9. The number of rotatable bonds is 5. The average molecular weight is 490 g/mol. The van der Waals surface area contributed by atoms with Gasteiger partial charge in [-0.15, -0.1) is 0 Å². The first-order chi connectivity index (χ1) is 17.4. The zero-order chi connectivity index (χ0) is 25.0. The van der Waals surface area contributed by atoms with Gasteiger partial charge in [-0.3, -0.25) is 9.69 Å². The molecule has 5 aliphatic rings. The lowest BCUT2D eigenvalue weighted by Crippen LogP contribution is -2.53. The fourth-order valence-electron chi connectivity index (χ4n) is 7.93. The number of hydrogen-bond donors (Lipinski definition) is 0. The number of ether oxygens (including phenoxy) is 1. The van der Waals surface area contributed by atoms with Gasteiger partial charge in [0.1, 0.15) is 0 Å². The molecule has 2 aliphatic heterocycles. The maximum absolute atomic E-state index is 13.6. The van der Waals surface area contributed by atoms with Crippen molar-refractivity contribution in [2.24, 2.45) is 17.3 Å². The van der Waals surface area contributed by atoms with E-state index >= 15 is 0 Å². The number of hydrogen-bond acceptors (Lipinski definition) is 5. The van der Waals surface area contributed by atoms with Crippen LogP contribution < -0.4 is 5.56 Å². The summed E-state index contributed by atoms with van der Waals surface area (Å²) in [5.41, 5.74) is 3.27. The highest BCUT2D eigenvalue weighted by Gasteiger charge is 2.52. The quantitative estimate of drug-likeness (QED) is 0.409. The van der Waals surface area contributed by atoms with E-state index in [1.54, 1.807) is 12.5 Å². The van der Waals surface area contributed by atoms with E-state index in [9.17, 15) is 9.59 Å². The number of carbonyl (C=O) groups excluding carboxylic acids is 1. The van der Waals surface area contributed by atoms with E-state index in [0.717, 1.165) is 36.7 Å². The number of nitrogens with zero attached hydrogens (tertiary/aromatic N) is 3. The van der Waals surface area contributed by atoms with E-state index in [0.29, 0.717) is 23.0 Å². The Balaban J connectivity index is 1.29.